The van der Waals surface area contributed by atoms with Gasteiger partial charge in [-0.15, -0.1) is 0 Å². The molecule has 1 aliphatic heterocycles. The maximum absolute atomic E-state index is 10.5. The monoisotopic (exact) mass is 601 g/mol. The maximum Gasteiger partial charge on any atom is 0.140 e. The standard InChI is InChI=1S/C36H29Cl2N5/c1-3-6-29-31-17-24-7-4-5-8-27(24)28(31)13-14-35(29)43-16-15-42(21-26(43)20-39)36-32-18-30(23-9-11-25(37)12-10-23)33(38)19-34(32)40-22(2)41-36/h3-14,18-19,26H,15-17,21H2,1-2H3. The zero-order chi connectivity index (χ0) is 29.7. The minimum absolute atomic E-state index is 0.354. The highest BCUT2D eigenvalue weighted by atomic mass is 35.5. The van der Waals surface area contributed by atoms with Gasteiger partial charge in [-0.1, -0.05) is 77.8 Å². The van der Waals surface area contributed by atoms with Crippen molar-refractivity contribution < 1.29 is 0 Å². The van der Waals surface area contributed by atoms with Crippen LogP contribution in [0.5, 0.6) is 0 Å². The van der Waals surface area contributed by atoms with E-state index in [1.54, 1.807) is 0 Å². The number of benzene rings is 4. The van der Waals surface area contributed by atoms with Gasteiger partial charge in [0.1, 0.15) is 17.7 Å². The van der Waals surface area contributed by atoms with Crippen molar-refractivity contribution in [1.29, 1.82) is 5.26 Å². The zero-order valence-corrected chi connectivity index (χ0v) is 25.5. The fourth-order valence-corrected chi connectivity index (χ4v) is 6.93. The van der Waals surface area contributed by atoms with Crippen molar-refractivity contribution in [3.8, 4) is 28.3 Å². The van der Waals surface area contributed by atoms with E-state index in [4.69, 9.17) is 33.2 Å². The number of nitriles is 1. The zero-order valence-electron chi connectivity index (χ0n) is 24.0. The molecule has 1 aliphatic carbocycles. The van der Waals surface area contributed by atoms with Gasteiger partial charge < -0.3 is 9.80 Å². The van der Waals surface area contributed by atoms with Crippen LogP contribution < -0.4 is 9.80 Å². The van der Waals surface area contributed by atoms with Crippen molar-refractivity contribution in [1.82, 2.24) is 9.97 Å². The Bertz CT molecular complexity index is 1960. The first-order valence-corrected chi connectivity index (χ1v) is 15.2. The number of fused-ring (bicyclic) bond motifs is 4. The number of allylic oxidation sites excluding steroid dienone is 1. The van der Waals surface area contributed by atoms with Crippen molar-refractivity contribution in [3.05, 3.63) is 111 Å². The lowest BCUT2D eigenvalue weighted by Gasteiger charge is -2.41. The smallest absolute Gasteiger partial charge is 0.140 e. The number of aromatic nitrogens is 2. The molecule has 5 nitrogen and oxygen atoms in total. The molecule has 0 radical (unpaired) electrons. The van der Waals surface area contributed by atoms with E-state index in [2.05, 4.69) is 77.4 Å². The molecule has 5 aromatic rings. The van der Waals surface area contributed by atoms with E-state index < -0.39 is 0 Å². The second-order valence-electron chi connectivity index (χ2n) is 11.1. The van der Waals surface area contributed by atoms with E-state index in [-0.39, 0.29) is 6.04 Å². The summed E-state index contributed by atoms with van der Waals surface area (Å²) in [6.07, 6.45) is 5.20. The first kappa shape index (κ1) is 27.5. The highest BCUT2D eigenvalue weighted by Crippen LogP contribution is 2.43. The van der Waals surface area contributed by atoms with E-state index in [0.29, 0.717) is 29.0 Å². The van der Waals surface area contributed by atoms with Crippen molar-refractivity contribution in [2.24, 2.45) is 0 Å². The van der Waals surface area contributed by atoms with E-state index in [9.17, 15) is 5.26 Å². The Morgan fingerprint density at radius 2 is 1.74 bits per heavy atom. The molecule has 1 atom stereocenters. The molecule has 0 amide bonds. The average Bonchev–Trinajstić information content (AvgIpc) is 3.40. The molecule has 7 rings (SSSR count). The summed E-state index contributed by atoms with van der Waals surface area (Å²) in [5.41, 5.74) is 10.2. The third kappa shape index (κ3) is 4.81. The first-order valence-electron chi connectivity index (χ1n) is 14.5. The fraction of sp³-hybridized carbons (Fsp3) is 0.194. The summed E-state index contributed by atoms with van der Waals surface area (Å²) >= 11 is 12.9. The molecule has 1 fully saturated rings. The van der Waals surface area contributed by atoms with E-state index in [1.807, 2.05) is 37.3 Å². The van der Waals surface area contributed by atoms with E-state index in [0.717, 1.165) is 46.5 Å². The van der Waals surface area contributed by atoms with Gasteiger partial charge in [0.25, 0.3) is 0 Å². The number of anilines is 2. The Balaban J connectivity index is 1.26. The molecule has 0 saturated carbocycles. The summed E-state index contributed by atoms with van der Waals surface area (Å²) in [4.78, 5) is 14.1. The molecule has 212 valence electrons. The molecule has 2 aliphatic rings. The largest absolute Gasteiger partial charge is 0.352 e. The average molecular weight is 603 g/mol. The predicted octanol–water partition coefficient (Wildman–Crippen LogP) is 8.74. The Morgan fingerprint density at radius 3 is 2.53 bits per heavy atom. The number of halogens is 2. The van der Waals surface area contributed by atoms with Crippen LogP contribution >= 0.6 is 23.2 Å². The highest BCUT2D eigenvalue weighted by molar-refractivity contribution is 6.34. The van der Waals surface area contributed by atoms with Crippen LogP contribution in [-0.2, 0) is 6.42 Å². The lowest BCUT2D eigenvalue weighted by Crippen LogP contribution is -2.53. The van der Waals surface area contributed by atoms with Crippen LogP contribution in [0.4, 0.5) is 11.5 Å². The van der Waals surface area contributed by atoms with Crippen molar-refractivity contribution >= 4 is 51.7 Å². The van der Waals surface area contributed by atoms with Crippen molar-refractivity contribution in [3.63, 3.8) is 0 Å². The van der Waals surface area contributed by atoms with Gasteiger partial charge in [0.15, 0.2) is 0 Å². The normalized spacial score (nSPS) is 16.0. The topological polar surface area (TPSA) is 56.1 Å². The summed E-state index contributed by atoms with van der Waals surface area (Å²) in [5.74, 6) is 1.50. The second kappa shape index (κ2) is 11.0. The molecule has 1 unspecified atom stereocenters. The first-order chi connectivity index (χ1) is 20.9. The van der Waals surface area contributed by atoms with Crippen LogP contribution in [0.15, 0.2) is 78.9 Å². The molecule has 1 saturated heterocycles. The fourth-order valence-electron chi connectivity index (χ4n) is 6.54. The molecule has 0 bridgehead atoms. The quantitative estimate of drug-likeness (QED) is 0.202. The molecule has 0 spiro atoms. The Morgan fingerprint density at radius 1 is 0.930 bits per heavy atom. The number of hydrogen-bond donors (Lipinski definition) is 0. The number of nitrogens with zero attached hydrogens (tertiary/aromatic N) is 5. The van der Waals surface area contributed by atoms with Crippen LogP contribution in [0.25, 0.3) is 39.2 Å². The van der Waals surface area contributed by atoms with Crippen molar-refractivity contribution in [2.45, 2.75) is 26.3 Å². The van der Waals surface area contributed by atoms with Crippen molar-refractivity contribution in [2.75, 3.05) is 29.4 Å². The SMILES string of the molecule is CC=Cc1c(N2CCN(c3nc(C)nc4cc(Cl)c(-c5ccc(Cl)cc5)cc34)CC2C#N)ccc2c1Cc1ccccc1-2. The predicted molar refractivity (Wildman–Crippen MR) is 178 cm³/mol. The van der Waals surface area contributed by atoms with Crippen LogP contribution in [0.3, 0.4) is 0 Å². The molecule has 4 aromatic carbocycles. The molecule has 1 aromatic heterocycles. The van der Waals surface area contributed by atoms with Gasteiger partial charge in [0.05, 0.1) is 23.2 Å². The van der Waals surface area contributed by atoms with Crippen LogP contribution in [-0.4, -0.2) is 35.6 Å². The van der Waals surface area contributed by atoms with E-state index in [1.165, 1.54) is 27.8 Å². The number of hydrogen-bond acceptors (Lipinski definition) is 5. The van der Waals surface area contributed by atoms with Crippen LogP contribution in [0, 0.1) is 18.3 Å². The number of rotatable bonds is 4. The molecular weight excluding hydrogens is 573 g/mol. The van der Waals surface area contributed by atoms with Gasteiger partial charge >= 0.3 is 0 Å². The van der Waals surface area contributed by atoms with Gasteiger partial charge in [-0.3, -0.25) is 0 Å². The highest BCUT2D eigenvalue weighted by Gasteiger charge is 2.32. The molecule has 0 N–H and O–H groups in total. The Labute approximate surface area is 261 Å². The summed E-state index contributed by atoms with van der Waals surface area (Å²) in [5, 5.41) is 12.7. The summed E-state index contributed by atoms with van der Waals surface area (Å²) in [7, 11) is 0. The van der Waals surface area contributed by atoms with Crippen LogP contribution in [0.1, 0.15) is 29.4 Å². The lowest BCUT2D eigenvalue weighted by atomic mass is 9.97. The van der Waals surface area contributed by atoms with Crippen LogP contribution in [0.2, 0.25) is 10.0 Å². The summed E-state index contributed by atoms with van der Waals surface area (Å²) < 4.78 is 0. The Hall–Kier alpha value is -4.37. The number of piperazine rings is 1. The minimum atomic E-state index is -0.354. The lowest BCUT2D eigenvalue weighted by molar-refractivity contribution is 0.587. The second-order valence-corrected chi connectivity index (χ2v) is 11.9. The summed E-state index contributed by atoms with van der Waals surface area (Å²) in [6.45, 7) is 5.88. The minimum Gasteiger partial charge on any atom is -0.352 e. The summed E-state index contributed by atoms with van der Waals surface area (Å²) in [6, 6.07) is 26.9. The van der Waals surface area contributed by atoms with Gasteiger partial charge in [0, 0.05) is 40.3 Å². The Kier molecular flexibility index (Phi) is 7.05. The third-order valence-corrected chi connectivity index (χ3v) is 9.08. The van der Waals surface area contributed by atoms with Gasteiger partial charge in [0.2, 0.25) is 0 Å². The molecule has 2 heterocycles. The van der Waals surface area contributed by atoms with Gasteiger partial charge in [-0.05, 0) is 78.4 Å². The molecule has 7 heteroatoms. The van der Waals surface area contributed by atoms with E-state index >= 15 is 0 Å². The maximum atomic E-state index is 10.5. The van der Waals surface area contributed by atoms with Gasteiger partial charge in [-0.25, -0.2) is 9.97 Å². The molecular formula is C36H29Cl2N5. The third-order valence-electron chi connectivity index (χ3n) is 8.51. The molecule has 43 heavy (non-hydrogen) atoms. The van der Waals surface area contributed by atoms with Gasteiger partial charge in [-0.2, -0.15) is 5.26 Å². The number of aryl methyl sites for hydroxylation is 1.